The summed E-state index contributed by atoms with van der Waals surface area (Å²) in [6, 6.07) is 4.61. The molecule has 1 rings (SSSR count). The molecule has 0 aliphatic rings. The Hall–Kier alpha value is -1.07. The number of aliphatic hydroxyl groups excluding tert-OH is 1. The molecule has 1 amide bonds. The lowest BCUT2D eigenvalue weighted by molar-refractivity contribution is -0.119. The van der Waals surface area contributed by atoms with Crippen LogP contribution in [0, 0.1) is 5.82 Å². The van der Waals surface area contributed by atoms with Crippen molar-refractivity contribution in [3.05, 3.63) is 29.6 Å². The fourth-order valence-corrected chi connectivity index (χ4v) is 2.48. The molecule has 1 atom stereocenters. The van der Waals surface area contributed by atoms with Gasteiger partial charge in [-0.1, -0.05) is 12.1 Å². The minimum Gasteiger partial charge on any atom is -0.389 e. The van der Waals surface area contributed by atoms with E-state index in [4.69, 9.17) is 0 Å². The standard InChI is InChI=1S/C13H18FNO2S/c1-8(2)15-12(17)7-18-13-10(9(3)16)5-4-6-11(13)14/h4-6,8-9,16H,7H2,1-3H3,(H,15,17)/t9-/m0/s1. The molecule has 1 aromatic rings. The maximum Gasteiger partial charge on any atom is 0.230 e. The van der Waals surface area contributed by atoms with Crippen molar-refractivity contribution in [3.8, 4) is 0 Å². The topological polar surface area (TPSA) is 49.3 Å². The Kier molecular flexibility index (Phi) is 5.62. The van der Waals surface area contributed by atoms with Crippen molar-refractivity contribution in [1.82, 2.24) is 5.32 Å². The van der Waals surface area contributed by atoms with Crippen LogP contribution in [0.5, 0.6) is 0 Å². The highest BCUT2D eigenvalue weighted by Crippen LogP contribution is 2.29. The Morgan fingerprint density at radius 1 is 1.44 bits per heavy atom. The predicted octanol–water partition coefficient (Wildman–Crippen LogP) is 2.50. The SMILES string of the molecule is CC(C)NC(=O)CSc1c(F)cccc1[C@H](C)O. The summed E-state index contributed by atoms with van der Waals surface area (Å²) in [5, 5.41) is 12.3. The Morgan fingerprint density at radius 2 is 2.11 bits per heavy atom. The second-order valence-corrected chi connectivity index (χ2v) is 5.33. The first-order valence-corrected chi connectivity index (χ1v) is 6.79. The first-order chi connectivity index (χ1) is 8.41. The molecule has 0 aromatic heterocycles. The number of halogens is 1. The third-order valence-corrected chi connectivity index (χ3v) is 3.37. The molecular weight excluding hydrogens is 253 g/mol. The number of amides is 1. The highest BCUT2D eigenvalue weighted by Gasteiger charge is 2.14. The summed E-state index contributed by atoms with van der Waals surface area (Å²) < 4.78 is 13.7. The molecule has 0 saturated carbocycles. The van der Waals surface area contributed by atoms with Crippen LogP contribution in [0.4, 0.5) is 4.39 Å². The van der Waals surface area contributed by atoms with Crippen LogP contribution in [0.1, 0.15) is 32.4 Å². The second-order valence-electron chi connectivity index (χ2n) is 4.35. The van der Waals surface area contributed by atoms with E-state index in [0.717, 1.165) is 11.8 Å². The first kappa shape index (κ1) is 15.0. The van der Waals surface area contributed by atoms with Gasteiger partial charge in [0, 0.05) is 10.9 Å². The fourth-order valence-electron chi connectivity index (χ4n) is 1.51. The second kappa shape index (κ2) is 6.75. The molecule has 18 heavy (non-hydrogen) atoms. The molecule has 1 aromatic carbocycles. The number of hydrogen-bond acceptors (Lipinski definition) is 3. The molecule has 0 radical (unpaired) electrons. The zero-order valence-electron chi connectivity index (χ0n) is 10.7. The molecule has 0 fully saturated rings. The van der Waals surface area contributed by atoms with Gasteiger partial charge in [0.25, 0.3) is 0 Å². The van der Waals surface area contributed by atoms with Crippen LogP contribution < -0.4 is 5.32 Å². The number of aliphatic hydroxyl groups is 1. The number of thioether (sulfide) groups is 1. The maximum atomic E-state index is 13.7. The summed E-state index contributed by atoms with van der Waals surface area (Å²) >= 11 is 1.11. The average molecular weight is 271 g/mol. The molecule has 0 bridgehead atoms. The molecule has 0 spiro atoms. The normalized spacial score (nSPS) is 12.6. The van der Waals surface area contributed by atoms with Gasteiger partial charge in [-0.05, 0) is 32.4 Å². The van der Waals surface area contributed by atoms with E-state index in [-0.39, 0.29) is 17.7 Å². The van der Waals surface area contributed by atoms with Gasteiger partial charge < -0.3 is 10.4 Å². The van der Waals surface area contributed by atoms with Crippen molar-refractivity contribution in [2.24, 2.45) is 0 Å². The Bertz CT molecular complexity index is 421. The highest BCUT2D eigenvalue weighted by molar-refractivity contribution is 8.00. The van der Waals surface area contributed by atoms with Crippen LogP contribution in [0.15, 0.2) is 23.1 Å². The third-order valence-electron chi connectivity index (χ3n) is 2.24. The van der Waals surface area contributed by atoms with E-state index in [2.05, 4.69) is 5.32 Å². The highest BCUT2D eigenvalue weighted by atomic mass is 32.2. The van der Waals surface area contributed by atoms with Crippen molar-refractivity contribution in [2.45, 2.75) is 37.8 Å². The zero-order valence-corrected chi connectivity index (χ0v) is 11.6. The average Bonchev–Trinajstić information content (AvgIpc) is 2.25. The lowest BCUT2D eigenvalue weighted by Crippen LogP contribution is -2.31. The minimum absolute atomic E-state index is 0.0648. The van der Waals surface area contributed by atoms with Crippen LogP contribution in [0.3, 0.4) is 0 Å². The summed E-state index contributed by atoms with van der Waals surface area (Å²) in [4.78, 5) is 11.8. The lowest BCUT2D eigenvalue weighted by Gasteiger charge is -2.13. The van der Waals surface area contributed by atoms with Crippen molar-refractivity contribution < 1.29 is 14.3 Å². The summed E-state index contributed by atoms with van der Waals surface area (Å²) in [5.74, 6) is -0.413. The van der Waals surface area contributed by atoms with Crippen LogP contribution in [-0.2, 0) is 4.79 Å². The van der Waals surface area contributed by atoms with Gasteiger partial charge in [0.2, 0.25) is 5.91 Å². The van der Waals surface area contributed by atoms with E-state index in [0.29, 0.717) is 10.5 Å². The van der Waals surface area contributed by atoms with Gasteiger partial charge in [-0.15, -0.1) is 11.8 Å². The molecular formula is C13H18FNO2S. The van der Waals surface area contributed by atoms with Gasteiger partial charge in [0.1, 0.15) is 5.82 Å². The first-order valence-electron chi connectivity index (χ1n) is 5.80. The lowest BCUT2D eigenvalue weighted by atomic mass is 10.1. The van der Waals surface area contributed by atoms with Crippen molar-refractivity contribution >= 4 is 17.7 Å². The van der Waals surface area contributed by atoms with E-state index in [1.807, 2.05) is 13.8 Å². The van der Waals surface area contributed by atoms with Gasteiger partial charge in [-0.3, -0.25) is 4.79 Å². The third kappa shape index (κ3) is 4.31. The Morgan fingerprint density at radius 3 is 2.67 bits per heavy atom. The van der Waals surface area contributed by atoms with Gasteiger partial charge >= 0.3 is 0 Å². The van der Waals surface area contributed by atoms with Crippen LogP contribution >= 0.6 is 11.8 Å². The molecule has 0 unspecified atom stereocenters. The molecule has 0 saturated heterocycles. The van der Waals surface area contributed by atoms with E-state index < -0.39 is 11.9 Å². The van der Waals surface area contributed by atoms with E-state index in [1.54, 1.807) is 19.1 Å². The summed E-state index contributed by atoms with van der Waals surface area (Å²) in [5.41, 5.74) is 0.511. The monoisotopic (exact) mass is 271 g/mol. The van der Waals surface area contributed by atoms with Crippen molar-refractivity contribution in [3.63, 3.8) is 0 Å². The minimum atomic E-state index is -0.753. The number of carbonyl (C=O) groups excluding carboxylic acids is 1. The zero-order chi connectivity index (χ0) is 13.7. The van der Waals surface area contributed by atoms with Gasteiger partial charge in [0.05, 0.1) is 11.9 Å². The molecule has 3 nitrogen and oxygen atoms in total. The number of nitrogens with one attached hydrogen (secondary N) is 1. The van der Waals surface area contributed by atoms with Gasteiger partial charge in [-0.25, -0.2) is 4.39 Å². The Labute approximate surface area is 111 Å². The number of benzene rings is 1. The number of rotatable bonds is 5. The molecule has 2 N–H and O–H groups in total. The smallest absolute Gasteiger partial charge is 0.230 e. The molecule has 0 aliphatic heterocycles. The predicted molar refractivity (Wildman–Crippen MR) is 71.0 cm³/mol. The molecule has 5 heteroatoms. The quantitative estimate of drug-likeness (QED) is 0.809. The van der Waals surface area contributed by atoms with Crippen LogP contribution in [0.2, 0.25) is 0 Å². The van der Waals surface area contributed by atoms with Crippen LogP contribution in [0.25, 0.3) is 0 Å². The van der Waals surface area contributed by atoms with Gasteiger partial charge in [0.15, 0.2) is 0 Å². The summed E-state index contributed by atoms with van der Waals surface area (Å²) in [7, 11) is 0. The number of carbonyl (C=O) groups is 1. The number of hydrogen-bond donors (Lipinski definition) is 2. The summed E-state index contributed by atoms with van der Waals surface area (Å²) in [6.45, 7) is 5.31. The van der Waals surface area contributed by atoms with Crippen LogP contribution in [-0.4, -0.2) is 22.8 Å². The Balaban J connectivity index is 2.75. The molecule has 100 valence electrons. The van der Waals surface area contributed by atoms with E-state index in [9.17, 15) is 14.3 Å². The molecule has 0 heterocycles. The fraction of sp³-hybridized carbons (Fsp3) is 0.462. The van der Waals surface area contributed by atoms with E-state index >= 15 is 0 Å². The van der Waals surface area contributed by atoms with Gasteiger partial charge in [-0.2, -0.15) is 0 Å². The largest absolute Gasteiger partial charge is 0.389 e. The molecule has 0 aliphatic carbocycles. The van der Waals surface area contributed by atoms with Crippen molar-refractivity contribution in [1.29, 1.82) is 0 Å². The summed E-state index contributed by atoms with van der Waals surface area (Å²) in [6.07, 6.45) is -0.753. The maximum absolute atomic E-state index is 13.7. The van der Waals surface area contributed by atoms with E-state index in [1.165, 1.54) is 6.07 Å². The van der Waals surface area contributed by atoms with Crippen molar-refractivity contribution in [2.75, 3.05) is 5.75 Å².